The SMILES string of the molecule is Cc1cccc2c1NCCC2C(=O)n1nc2c(c1N)CC(C)CC2. The van der Waals surface area contributed by atoms with Crippen molar-refractivity contribution < 1.29 is 4.79 Å². The number of anilines is 2. The number of nitrogen functional groups attached to an aromatic ring is 1. The minimum absolute atomic E-state index is 0.00269. The predicted octanol–water partition coefficient (Wildman–Crippen LogP) is 3.14. The number of nitrogens with one attached hydrogen (secondary N) is 1. The maximum absolute atomic E-state index is 13.2. The van der Waals surface area contributed by atoms with E-state index in [2.05, 4.69) is 30.3 Å². The minimum Gasteiger partial charge on any atom is -0.385 e. The predicted molar refractivity (Wildman–Crippen MR) is 95.5 cm³/mol. The number of nitrogens with zero attached hydrogens (tertiary/aromatic N) is 2. The number of nitrogens with two attached hydrogens (primary N) is 1. The van der Waals surface area contributed by atoms with Gasteiger partial charge in [0.05, 0.1) is 11.6 Å². The van der Waals surface area contributed by atoms with Gasteiger partial charge in [0.2, 0.25) is 0 Å². The lowest BCUT2D eigenvalue weighted by Crippen LogP contribution is -2.28. The molecule has 1 aromatic carbocycles. The molecule has 0 radical (unpaired) electrons. The van der Waals surface area contributed by atoms with E-state index in [0.717, 1.165) is 54.7 Å². The number of aryl methyl sites for hydroxylation is 2. The topological polar surface area (TPSA) is 72.9 Å². The summed E-state index contributed by atoms with van der Waals surface area (Å²) in [5, 5.41) is 8.00. The fourth-order valence-corrected chi connectivity index (χ4v) is 4.06. The lowest BCUT2D eigenvalue weighted by atomic mass is 9.88. The summed E-state index contributed by atoms with van der Waals surface area (Å²) in [5.41, 5.74) is 11.7. The molecule has 1 aliphatic carbocycles. The van der Waals surface area contributed by atoms with E-state index in [1.165, 1.54) is 10.2 Å². The summed E-state index contributed by atoms with van der Waals surface area (Å²) in [7, 11) is 0. The number of fused-ring (bicyclic) bond motifs is 2. The summed E-state index contributed by atoms with van der Waals surface area (Å²) in [6.45, 7) is 5.10. The molecule has 2 aliphatic rings. The van der Waals surface area contributed by atoms with E-state index in [1.807, 2.05) is 12.1 Å². The molecule has 2 unspecified atom stereocenters. The van der Waals surface area contributed by atoms with E-state index >= 15 is 0 Å². The van der Waals surface area contributed by atoms with Crippen LogP contribution in [-0.2, 0) is 12.8 Å². The van der Waals surface area contributed by atoms with E-state index in [9.17, 15) is 4.79 Å². The molecular weight excluding hydrogens is 300 g/mol. The van der Waals surface area contributed by atoms with Crippen molar-refractivity contribution >= 4 is 17.4 Å². The van der Waals surface area contributed by atoms with Crippen LogP contribution in [0, 0.1) is 12.8 Å². The minimum atomic E-state index is -0.178. The molecule has 24 heavy (non-hydrogen) atoms. The van der Waals surface area contributed by atoms with Crippen molar-refractivity contribution in [2.45, 2.75) is 45.4 Å². The Kier molecular flexibility index (Phi) is 3.59. The third kappa shape index (κ3) is 2.30. The van der Waals surface area contributed by atoms with Crippen LogP contribution < -0.4 is 11.1 Å². The average molecular weight is 324 g/mol. The van der Waals surface area contributed by atoms with Crippen LogP contribution >= 0.6 is 0 Å². The van der Waals surface area contributed by atoms with Gasteiger partial charge in [-0.2, -0.15) is 9.78 Å². The Morgan fingerprint density at radius 3 is 3.04 bits per heavy atom. The molecule has 4 rings (SSSR count). The molecule has 0 bridgehead atoms. The van der Waals surface area contributed by atoms with E-state index in [1.54, 1.807) is 0 Å². The van der Waals surface area contributed by atoms with Gasteiger partial charge < -0.3 is 11.1 Å². The Morgan fingerprint density at radius 2 is 2.21 bits per heavy atom. The van der Waals surface area contributed by atoms with Crippen molar-refractivity contribution in [1.82, 2.24) is 9.78 Å². The third-order valence-corrected chi connectivity index (χ3v) is 5.46. The van der Waals surface area contributed by atoms with Crippen LogP contribution in [0.3, 0.4) is 0 Å². The van der Waals surface area contributed by atoms with Gasteiger partial charge in [-0.05, 0) is 49.7 Å². The first-order chi connectivity index (χ1) is 11.6. The van der Waals surface area contributed by atoms with Crippen LogP contribution in [0.25, 0.3) is 0 Å². The van der Waals surface area contributed by atoms with Crippen LogP contribution in [-0.4, -0.2) is 22.2 Å². The highest BCUT2D eigenvalue weighted by Crippen LogP contribution is 2.36. The van der Waals surface area contributed by atoms with Gasteiger partial charge in [-0.1, -0.05) is 25.1 Å². The maximum Gasteiger partial charge on any atom is 0.256 e. The van der Waals surface area contributed by atoms with Crippen molar-refractivity contribution in [2.24, 2.45) is 5.92 Å². The molecule has 126 valence electrons. The molecule has 2 aromatic rings. The number of benzene rings is 1. The number of carbonyl (C=O) groups excluding carboxylic acids is 1. The zero-order valence-corrected chi connectivity index (χ0v) is 14.3. The van der Waals surface area contributed by atoms with Gasteiger partial charge in [0.25, 0.3) is 5.91 Å². The second-order valence-corrected chi connectivity index (χ2v) is 7.22. The number of hydrogen-bond donors (Lipinski definition) is 2. The van der Waals surface area contributed by atoms with Gasteiger partial charge in [0.1, 0.15) is 5.82 Å². The Morgan fingerprint density at radius 1 is 1.38 bits per heavy atom. The number of aromatic nitrogens is 2. The van der Waals surface area contributed by atoms with E-state index in [-0.39, 0.29) is 11.8 Å². The summed E-state index contributed by atoms with van der Waals surface area (Å²) in [6, 6.07) is 6.13. The molecule has 0 amide bonds. The molecule has 0 saturated carbocycles. The number of para-hydroxylation sites is 1. The van der Waals surface area contributed by atoms with Crippen LogP contribution in [0.1, 0.15) is 52.9 Å². The van der Waals surface area contributed by atoms with E-state index < -0.39 is 0 Å². The van der Waals surface area contributed by atoms with Gasteiger partial charge in [0.15, 0.2) is 0 Å². The van der Waals surface area contributed by atoms with Crippen LogP contribution in [0.15, 0.2) is 18.2 Å². The molecule has 5 heteroatoms. The summed E-state index contributed by atoms with van der Waals surface area (Å²) in [4.78, 5) is 13.2. The second kappa shape index (κ2) is 5.65. The standard InChI is InChI=1S/C19H24N4O/c1-11-6-7-16-15(10-11)18(20)23(22-16)19(24)14-8-9-21-17-12(2)4-3-5-13(14)17/h3-5,11,14,21H,6-10,20H2,1-2H3. The third-order valence-electron chi connectivity index (χ3n) is 5.46. The van der Waals surface area contributed by atoms with Gasteiger partial charge in [-0.15, -0.1) is 0 Å². The highest BCUT2D eigenvalue weighted by atomic mass is 16.2. The lowest BCUT2D eigenvalue weighted by Gasteiger charge is -2.27. The molecule has 5 nitrogen and oxygen atoms in total. The highest BCUT2D eigenvalue weighted by molar-refractivity contribution is 5.90. The number of hydrogen-bond acceptors (Lipinski definition) is 4. The summed E-state index contributed by atoms with van der Waals surface area (Å²) in [6.07, 6.45) is 3.74. The zero-order valence-electron chi connectivity index (χ0n) is 14.3. The van der Waals surface area contributed by atoms with Gasteiger partial charge in [-0.25, -0.2) is 0 Å². The van der Waals surface area contributed by atoms with Crippen LogP contribution in [0.2, 0.25) is 0 Å². The molecule has 1 aromatic heterocycles. The van der Waals surface area contributed by atoms with Crippen molar-refractivity contribution in [3.05, 3.63) is 40.6 Å². The summed E-state index contributed by atoms with van der Waals surface area (Å²) >= 11 is 0. The fraction of sp³-hybridized carbons (Fsp3) is 0.474. The van der Waals surface area contributed by atoms with Crippen molar-refractivity contribution in [1.29, 1.82) is 0 Å². The largest absolute Gasteiger partial charge is 0.385 e. The van der Waals surface area contributed by atoms with E-state index in [0.29, 0.717) is 11.7 Å². The van der Waals surface area contributed by atoms with Crippen molar-refractivity contribution in [3.63, 3.8) is 0 Å². The van der Waals surface area contributed by atoms with Crippen molar-refractivity contribution in [2.75, 3.05) is 17.6 Å². The molecule has 1 aliphatic heterocycles. The number of rotatable bonds is 1. The molecule has 0 saturated heterocycles. The number of carbonyl (C=O) groups is 1. The second-order valence-electron chi connectivity index (χ2n) is 7.22. The monoisotopic (exact) mass is 324 g/mol. The molecular formula is C19H24N4O. The van der Waals surface area contributed by atoms with Crippen LogP contribution in [0.4, 0.5) is 11.5 Å². The first-order valence-corrected chi connectivity index (χ1v) is 8.80. The van der Waals surface area contributed by atoms with E-state index in [4.69, 9.17) is 5.73 Å². The first-order valence-electron chi connectivity index (χ1n) is 8.80. The Balaban J connectivity index is 1.73. The Bertz CT molecular complexity index is 808. The Labute approximate surface area is 142 Å². The molecule has 0 fully saturated rings. The smallest absolute Gasteiger partial charge is 0.256 e. The van der Waals surface area contributed by atoms with Crippen LogP contribution in [0.5, 0.6) is 0 Å². The van der Waals surface area contributed by atoms with Gasteiger partial charge in [-0.3, -0.25) is 4.79 Å². The van der Waals surface area contributed by atoms with Gasteiger partial charge in [0, 0.05) is 17.8 Å². The normalized spacial score (nSPS) is 22.4. The fourth-order valence-electron chi connectivity index (χ4n) is 4.06. The molecule has 2 atom stereocenters. The summed E-state index contributed by atoms with van der Waals surface area (Å²) < 4.78 is 1.48. The summed E-state index contributed by atoms with van der Waals surface area (Å²) in [5.74, 6) is 0.981. The van der Waals surface area contributed by atoms with Gasteiger partial charge >= 0.3 is 0 Å². The molecule has 3 N–H and O–H groups in total. The molecule has 2 heterocycles. The highest BCUT2D eigenvalue weighted by Gasteiger charge is 2.32. The molecule has 0 spiro atoms. The quantitative estimate of drug-likeness (QED) is 0.845. The first kappa shape index (κ1) is 15.2. The zero-order chi connectivity index (χ0) is 16.8. The average Bonchev–Trinajstić information content (AvgIpc) is 2.91. The Hall–Kier alpha value is -2.30. The van der Waals surface area contributed by atoms with Crippen molar-refractivity contribution in [3.8, 4) is 0 Å². The maximum atomic E-state index is 13.2. The lowest BCUT2D eigenvalue weighted by molar-refractivity contribution is 0.0859.